The van der Waals surface area contributed by atoms with Crippen LogP contribution in [0, 0.1) is 26.3 Å². The zero-order valence-corrected chi connectivity index (χ0v) is 22.5. The molecule has 0 fully saturated rings. The van der Waals surface area contributed by atoms with Gasteiger partial charge in [0.15, 0.2) is 0 Å². The quantitative estimate of drug-likeness (QED) is 0.215. The molecule has 0 nitrogen and oxygen atoms in total. The van der Waals surface area contributed by atoms with Crippen molar-refractivity contribution in [3.63, 3.8) is 0 Å². The number of halogens is 2. The predicted molar refractivity (Wildman–Crippen MR) is 130 cm³/mol. The van der Waals surface area contributed by atoms with Crippen LogP contribution in [0.25, 0.3) is 21.5 Å². The van der Waals surface area contributed by atoms with Crippen LogP contribution in [0.5, 0.6) is 0 Å². The van der Waals surface area contributed by atoms with Crippen molar-refractivity contribution in [1.82, 2.24) is 0 Å². The third-order valence-electron chi connectivity index (χ3n) is 4.09. The van der Waals surface area contributed by atoms with Crippen molar-refractivity contribution in [2.75, 3.05) is 0 Å². The van der Waals surface area contributed by atoms with Crippen molar-refractivity contribution in [3.05, 3.63) is 93.3 Å². The molecule has 0 aromatic heterocycles. The second-order valence-electron chi connectivity index (χ2n) is 6.78. The number of allylic oxidation sites excluding steroid dienone is 4. The van der Waals surface area contributed by atoms with Crippen LogP contribution < -0.4 is 0 Å². The Hall–Kier alpha value is -0.530. The van der Waals surface area contributed by atoms with Gasteiger partial charge in [-0.1, -0.05) is 62.6 Å². The summed E-state index contributed by atoms with van der Waals surface area (Å²) in [5, 5.41) is 5.39. The Morgan fingerprint density at radius 1 is 0.857 bits per heavy atom. The van der Waals surface area contributed by atoms with E-state index in [9.17, 15) is 0 Å². The Balaban J connectivity index is -0.000000378. The summed E-state index contributed by atoms with van der Waals surface area (Å²) in [7, 11) is 0. The van der Waals surface area contributed by atoms with Gasteiger partial charge in [-0.05, 0) is 0 Å². The Morgan fingerprint density at radius 2 is 1.29 bits per heavy atom. The van der Waals surface area contributed by atoms with Gasteiger partial charge in [0.05, 0.1) is 0 Å². The minimum Gasteiger partial charge on any atom is -0.126 e. The van der Waals surface area contributed by atoms with E-state index in [-0.39, 0.29) is 39.7 Å². The normalized spacial score (nSPS) is 11.1. The number of hydrogen-bond acceptors (Lipinski definition) is 0. The molecule has 0 bridgehead atoms. The summed E-state index contributed by atoms with van der Waals surface area (Å²) in [5.74, 6) is 0. The van der Waals surface area contributed by atoms with E-state index in [1.54, 1.807) is 0 Å². The van der Waals surface area contributed by atoms with Crippen LogP contribution in [0.3, 0.4) is 0 Å². The van der Waals surface area contributed by atoms with E-state index in [4.69, 9.17) is 0 Å². The van der Waals surface area contributed by atoms with Crippen molar-refractivity contribution in [2.45, 2.75) is 27.2 Å². The first-order valence-corrected chi connectivity index (χ1v) is 12.3. The van der Waals surface area contributed by atoms with Crippen LogP contribution in [-0.4, -0.2) is 6.88 Å². The Bertz CT molecular complexity index is 823. The first-order chi connectivity index (χ1) is 11.6. The predicted octanol–water partition coefficient (Wildman–Crippen LogP) is 7.79. The molecule has 4 heteroatoms. The van der Waals surface area contributed by atoms with Crippen LogP contribution in [0.1, 0.15) is 27.2 Å². The molecule has 0 aliphatic heterocycles. The maximum absolute atomic E-state index is 3.16. The molecule has 0 atom stereocenters. The van der Waals surface area contributed by atoms with Crippen LogP contribution in [-0.2, 0) is 23.3 Å². The summed E-state index contributed by atoms with van der Waals surface area (Å²) >= 11 is 1.36. The molecule has 0 saturated heterocycles. The fourth-order valence-electron chi connectivity index (χ4n) is 2.82. The Morgan fingerprint density at radius 3 is 1.61 bits per heavy atom. The van der Waals surface area contributed by atoms with Gasteiger partial charge >= 0.3 is 30.2 Å². The van der Waals surface area contributed by atoms with Crippen molar-refractivity contribution in [3.8, 4) is 0 Å². The molecule has 0 saturated carbocycles. The van der Waals surface area contributed by atoms with Gasteiger partial charge in [0.2, 0.25) is 0 Å². The largest absolute Gasteiger partial charge is 0.126 e. The molecule has 0 amide bonds. The van der Waals surface area contributed by atoms with E-state index < -0.39 is 0 Å². The maximum atomic E-state index is 3.16. The van der Waals surface area contributed by atoms with Gasteiger partial charge in [0.25, 0.3) is 0 Å². The van der Waals surface area contributed by atoms with E-state index in [0.717, 1.165) is 6.42 Å². The van der Waals surface area contributed by atoms with E-state index in [1.165, 1.54) is 50.5 Å². The first kappa shape index (κ1) is 32.1. The molecule has 0 unspecified atom stereocenters. The van der Waals surface area contributed by atoms with Gasteiger partial charge in [-0.15, -0.1) is 71.0 Å². The summed E-state index contributed by atoms with van der Waals surface area (Å²) < 4.78 is 0. The molecule has 1 aliphatic carbocycles. The third kappa shape index (κ3) is 8.46. The Kier molecular flexibility index (Phi) is 17.6. The minimum absolute atomic E-state index is 0. The number of hydrogen-bond donors (Lipinski definition) is 0. The van der Waals surface area contributed by atoms with Gasteiger partial charge in [0, 0.05) is 0 Å². The van der Waals surface area contributed by atoms with Crippen molar-refractivity contribution < 1.29 is 23.3 Å². The van der Waals surface area contributed by atoms with Gasteiger partial charge in [0.1, 0.15) is 0 Å². The zero-order chi connectivity index (χ0) is 17.6. The molecule has 0 spiro atoms. The molecule has 3 aromatic rings. The van der Waals surface area contributed by atoms with Crippen LogP contribution in [0.2, 0.25) is 0 Å². The minimum atomic E-state index is 0. The summed E-state index contributed by atoms with van der Waals surface area (Å²) in [6.07, 6.45) is 8.50. The molecule has 1 aliphatic rings. The number of fused-ring (bicyclic) bond motifs is 3. The molecule has 0 N–H and O–H groups in total. The first-order valence-electron chi connectivity index (χ1n) is 8.11. The molecule has 2 radical (unpaired) electrons. The van der Waals surface area contributed by atoms with Gasteiger partial charge in [-0.3, -0.25) is 6.08 Å². The average molecular weight is 509 g/mol. The Labute approximate surface area is 201 Å². The van der Waals surface area contributed by atoms with Gasteiger partial charge in [-0.2, -0.15) is 11.6 Å². The summed E-state index contributed by atoms with van der Waals surface area (Å²) in [6.45, 7) is 9.74. The standard InChI is InChI=1S/C13H9.C9H13.2CH3.2ClH.Si.Zr/c1-3-7-12-10(5-1)9-11-6-2-4-8-13(11)12;1-9(2,3)8-6-4-5-7-8;;;;;;/h1-9H;6-7H,4H2,1-3H3;2*1H3;2*1H;;/q4*-1;;;;. The molecule has 152 valence electrons. The second-order valence-corrected chi connectivity index (χ2v) is 6.78. The summed E-state index contributed by atoms with van der Waals surface area (Å²) in [5.41, 5.74) is 1.74. The number of rotatable bonds is 0. The van der Waals surface area contributed by atoms with Crippen molar-refractivity contribution in [2.24, 2.45) is 5.41 Å². The molecule has 3 aromatic carbocycles. The van der Waals surface area contributed by atoms with Gasteiger partial charge in [-0.25, -0.2) is 6.08 Å². The fraction of sp³-hybridized carbons (Fsp3) is 0.208. The summed E-state index contributed by atoms with van der Waals surface area (Å²) in [4.78, 5) is 0. The molecular weight excluding hydrogens is 478 g/mol. The number of benzene rings is 2. The van der Waals surface area contributed by atoms with E-state index >= 15 is 0 Å². The zero-order valence-electron chi connectivity index (χ0n) is 17.4. The third-order valence-corrected chi connectivity index (χ3v) is 4.09. The van der Waals surface area contributed by atoms with Crippen LogP contribution >= 0.6 is 24.8 Å². The smallest absolute Gasteiger partial charge is 0.0771 e. The molecular formula is C24H30Cl2SiZr-4. The molecule has 0 heterocycles. The van der Waals surface area contributed by atoms with Crippen molar-refractivity contribution in [1.29, 1.82) is 0 Å². The SMILES string of the molecule is CC(C)(C)C1=CC[C-]=C1.Cl.Cl.[CH3-].[CH3-].[Si]=[Zr].c1ccc2c(c1)[cH-]c1ccccc12. The van der Waals surface area contributed by atoms with Crippen LogP contribution in [0.15, 0.2) is 72.3 Å². The van der Waals surface area contributed by atoms with Gasteiger partial charge < -0.3 is 14.9 Å². The summed E-state index contributed by atoms with van der Waals surface area (Å²) in [6, 6.07) is 19.3. The topological polar surface area (TPSA) is 0 Å². The fourth-order valence-corrected chi connectivity index (χ4v) is 2.82. The van der Waals surface area contributed by atoms with E-state index in [0.29, 0.717) is 5.41 Å². The second kappa shape index (κ2) is 15.3. The maximum Gasteiger partial charge on any atom is -0.0771 e. The monoisotopic (exact) mass is 506 g/mol. The van der Waals surface area contributed by atoms with E-state index in [1.807, 2.05) is 0 Å². The van der Waals surface area contributed by atoms with E-state index in [2.05, 4.69) is 100 Å². The van der Waals surface area contributed by atoms with Crippen molar-refractivity contribution >= 4 is 53.2 Å². The van der Waals surface area contributed by atoms with Crippen LogP contribution in [0.4, 0.5) is 0 Å². The molecule has 28 heavy (non-hydrogen) atoms. The molecule has 4 rings (SSSR count). The average Bonchev–Trinajstić information content (AvgIpc) is 3.25.